The molecule has 4 N–H and O–H groups in total. The minimum Gasteiger partial charge on any atom is -0.384 e. The lowest BCUT2D eigenvalue weighted by atomic mass is 10.3. The van der Waals surface area contributed by atoms with Crippen molar-refractivity contribution in [3.8, 4) is 6.07 Å². The Labute approximate surface area is 68.4 Å². The molecule has 0 saturated heterocycles. The molecule has 0 amide bonds. The highest BCUT2D eigenvalue weighted by Gasteiger charge is 2.05. The molecule has 0 aliphatic heterocycles. The summed E-state index contributed by atoms with van der Waals surface area (Å²) in [7, 11) is 0. The summed E-state index contributed by atoms with van der Waals surface area (Å²) in [4.78, 5) is 3.65. The molecule has 56 valence electrons. The van der Waals surface area contributed by atoms with Gasteiger partial charge in [0.25, 0.3) is 0 Å². The number of nitrogens with two attached hydrogens (primary N) is 2. The predicted molar refractivity (Wildman–Crippen MR) is 42.8 cm³/mol. The highest BCUT2D eigenvalue weighted by atomic mass is 35.5. The average Bonchev–Trinajstić information content (AvgIpc) is 1.85. The quantitative estimate of drug-likeness (QED) is 0.599. The molecule has 11 heavy (non-hydrogen) atoms. The molecule has 4 nitrogen and oxygen atoms in total. The highest BCUT2D eigenvalue weighted by Crippen LogP contribution is 2.21. The van der Waals surface area contributed by atoms with Crippen LogP contribution in [0.4, 0.5) is 11.6 Å². The molecule has 1 aromatic heterocycles. The molecule has 0 unspecified atom stereocenters. The van der Waals surface area contributed by atoms with Crippen LogP contribution in [0.15, 0.2) is 6.07 Å². The van der Waals surface area contributed by atoms with Crippen LogP contribution in [0.2, 0.25) is 5.02 Å². The SMILES string of the molecule is N#Cc1c(Cl)cc(N)nc1N. The first-order valence-electron chi connectivity index (χ1n) is 2.76. The number of nitriles is 1. The minimum absolute atomic E-state index is 0.0671. The zero-order chi connectivity index (χ0) is 8.43. The van der Waals surface area contributed by atoms with Gasteiger partial charge in [-0.3, -0.25) is 0 Å². The van der Waals surface area contributed by atoms with E-state index in [1.165, 1.54) is 6.07 Å². The Kier molecular flexibility index (Phi) is 1.83. The van der Waals surface area contributed by atoms with Gasteiger partial charge in [-0.2, -0.15) is 5.26 Å². The van der Waals surface area contributed by atoms with Crippen LogP contribution in [0.1, 0.15) is 5.56 Å². The van der Waals surface area contributed by atoms with Crippen LogP contribution in [0, 0.1) is 11.3 Å². The molecule has 0 fully saturated rings. The molecule has 5 heteroatoms. The second-order valence-corrected chi connectivity index (χ2v) is 2.31. The number of aromatic nitrogens is 1. The van der Waals surface area contributed by atoms with Gasteiger partial charge in [0.15, 0.2) is 0 Å². The Bertz CT molecular complexity index is 305. The van der Waals surface area contributed by atoms with Crippen molar-refractivity contribution < 1.29 is 0 Å². The van der Waals surface area contributed by atoms with E-state index in [0.29, 0.717) is 0 Å². The van der Waals surface area contributed by atoms with Crippen LogP contribution in [0.25, 0.3) is 0 Å². The van der Waals surface area contributed by atoms with Gasteiger partial charge < -0.3 is 11.5 Å². The topological polar surface area (TPSA) is 88.7 Å². The van der Waals surface area contributed by atoms with E-state index >= 15 is 0 Å². The first kappa shape index (κ1) is 7.63. The van der Waals surface area contributed by atoms with E-state index in [9.17, 15) is 0 Å². The van der Waals surface area contributed by atoms with Gasteiger partial charge in [-0.05, 0) is 0 Å². The summed E-state index contributed by atoms with van der Waals surface area (Å²) in [5.74, 6) is 0.281. The molecule has 0 radical (unpaired) electrons. The lowest BCUT2D eigenvalue weighted by molar-refractivity contribution is 1.32. The Hall–Kier alpha value is -1.47. The van der Waals surface area contributed by atoms with Crippen LogP contribution in [-0.2, 0) is 0 Å². The van der Waals surface area contributed by atoms with Crippen molar-refractivity contribution in [1.82, 2.24) is 4.98 Å². The molecule has 0 atom stereocenters. The maximum Gasteiger partial charge on any atom is 0.145 e. The fraction of sp³-hybridized carbons (Fsp3) is 0. The number of hydrogen-bond acceptors (Lipinski definition) is 4. The summed E-state index contributed by atoms with van der Waals surface area (Å²) in [6.07, 6.45) is 0. The molecule has 1 rings (SSSR count). The Morgan fingerprint density at radius 2 is 2.18 bits per heavy atom. The molecule has 0 saturated carbocycles. The summed E-state index contributed by atoms with van der Waals surface area (Å²) in [5.41, 5.74) is 10.8. The summed E-state index contributed by atoms with van der Waals surface area (Å²) >= 11 is 5.61. The smallest absolute Gasteiger partial charge is 0.145 e. The van der Waals surface area contributed by atoms with Crippen LogP contribution >= 0.6 is 11.6 Å². The van der Waals surface area contributed by atoms with Crippen molar-refractivity contribution in [2.75, 3.05) is 11.5 Å². The first-order valence-corrected chi connectivity index (χ1v) is 3.14. The predicted octanol–water partition coefficient (Wildman–Crippen LogP) is 0.771. The maximum atomic E-state index is 8.49. The molecular formula is C6H5ClN4. The number of halogens is 1. The van der Waals surface area contributed by atoms with Crippen LogP contribution < -0.4 is 11.5 Å². The molecule has 0 bridgehead atoms. The molecule has 0 aliphatic rings. The van der Waals surface area contributed by atoms with E-state index in [0.717, 1.165) is 0 Å². The third-order valence-corrected chi connectivity index (χ3v) is 1.43. The summed E-state index contributed by atoms with van der Waals surface area (Å²) in [6, 6.07) is 3.20. The summed E-state index contributed by atoms with van der Waals surface area (Å²) in [6.45, 7) is 0. The van der Waals surface area contributed by atoms with Gasteiger partial charge >= 0.3 is 0 Å². The lowest BCUT2D eigenvalue weighted by Crippen LogP contribution is -1.99. The molecular weight excluding hydrogens is 164 g/mol. The molecule has 0 spiro atoms. The Morgan fingerprint density at radius 1 is 1.55 bits per heavy atom. The van der Waals surface area contributed by atoms with Crippen LogP contribution in [0.3, 0.4) is 0 Å². The van der Waals surface area contributed by atoms with Crippen LogP contribution in [-0.4, -0.2) is 4.98 Å². The van der Waals surface area contributed by atoms with Crippen molar-refractivity contribution >= 4 is 23.2 Å². The average molecular weight is 169 g/mol. The van der Waals surface area contributed by atoms with Crippen LogP contribution in [0.5, 0.6) is 0 Å². The first-order chi connectivity index (χ1) is 5.15. The zero-order valence-electron chi connectivity index (χ0n) is 5.50. The van der Waals surface area contributed by atoms with Gasteiger partial charge in [-0.1, -0.05) is 11.6 Å². The second-order valence-electron chi connectivity index (χ2n) is 1.90. The van der Waals surface area contributed by atoms with Crippen molar-refractivity contribution in [2.45, 2.75) is 0 Å². The lowest BCUT2D eigenvalue weighted by Gasteiger charge is -1.99. The number of hydrogen-bond donors (Lipinski definition) is 2. The largest absolute Gasteiger partial charge is 0.384 e. The summed E-state index contributed by atoms with van der Waals surface area (Å²) in [5, 5.41) is 8.73. The highest BCUT2D eigenvalue weighted by molar-refractivity contribution is 6.32. The van der Waals surface area contributed by atoms with Crippen molar-refractivity contribution in [3.63, 3.8) is 0 Å². The van der Waals surface area contributed by atoms with Gasteiger partial charge in [0, 0.05) is 6.07 Å². The van der Waals surface area contributed by atoms with Crippen molar-refractivity contribution in [1.29, 1.82) is 5.26 Å². The van der Waals surface area contributed by atoms with Gasteiger partial charge in [0.1, 0.15) is 23.3 Å². The van der Waals surface area contributed by atoms with Gasteiger partial charge in [0.2, 0.25) is 0 Å². The van der Waals surface area contributed by atoms with E-state index in [2.05, 4.69) is 4.98 Å². The standard InChI is InChI=1S/C6H5ClN4/c7-4-1-5(9)11-6(10)3(4)2-8/h1H,(H4,9,10,11). The number of anilines is 2. The maximum absolute atomic E-state index is 8.49. The van der Waals surface area contributed by atoms with E-state index in [-0.39, 0.29) is 22.2 Å². The third-order valence-electron chi connectivity index (χ3n) is 1.13. The molecule has 1 heterocycles. The van der Waals surface area contributed by atoms with E-state index in [1.54, 1.807) is 0 Å². The number of pyridine rings is 1. The van der Waals surface area contributed by atoms with E-state index < -0.39 is 0 Å². The second kappa shape index (κ2) is 2.64. The molecule has 0 aliphatic carbocycles. The number of rotatable bonds is 0. The molecule has 1 aromatic rings. The molecule has 0 aromatic carbocycles. The Morgan fingerprint density at radius 3 is 2.64 bits per heavy atom. The normalized spacial score (nSPS) is 9.09. The third kappa shape index (κ3) is 1.33. The van der Waals surface area contributed by atoms with Gasteiger partial charge in [0.05, 0.1) is 5.02 Å². The van der Waals surface area contributed by atoms with Crippen molar-refractivity contribution in [3.05, 3.63) is 16.7 Å². The van der Waals surface area contributed by atoms with Gasteiger partial charge in [-0.25, -0.2) is 4.98 Å². The zero-order valence-corrected chi connectivity index (χ0v) is 6.26. The van der Waals surface area contributed by atoms with Gasteiger partial charge in [-0.15, -0.1) is 0 Å². The summed E-state index contributed by atoms with van der Waals surface area (Å²) < 4.78 is 0. The Balaban J connectivity index is 3.40. The van der Waals surface area contributed by atoms with E-state index in [1.807, 2.05) is 6.07 Å². The number of nitrogens with zero attached hydrogens (tertiary/aromatic N) is 2. The monoisotopic (exact) mass is 168 g/mol. The fourth-order valence-corrected chi connectivity index (χ4v) is 0.913. The minimum atomic E-state index is 0.0671. The van der Waals surface area contributed by atoms with Crippen molar-refractivity contribution in [2.24, 2.45) is 0 Å². The number of nitrogen functional groups attached to an aromatic ring is 2. The fourth-order valence-electron chi connectivity index (χ4n) is 0.662. The van der Waals surface area contributed by atoms with E-state index in [4.69, 9.17) is 28.3 Å².